The van der Waals surface area contributed by atoms with Crippen LogP contribution in [0.15, 0.2) is 69.9 Å². The van der Waals surface area contributed by atoms with Gasteiger partial charge in [0.2, 0.25) is 0 Å². The Kier molecular flexibility index (Phi) is 6.01. The van der Waals surface area contributed by atoms with E-state index in [9.17, 15) is 14.0 Å². The van der Waals surface area contributed by atoms with Crippen LogP contribution in [0.3, 0.4) is 0 Å². The molecular formula is C27H25FN2O3. The number of aryl methyl sites for hydroxylation is 1. The van der Waals surface area contributed by atoms with E-state index in [1.807, 2.05) is 32.0 Å². The van der Waals surface area contributed by atoms with Gasteiger partial charge in [0.25, 0.3) is 5.91 Å². The van der Waals surface area contributed by atoms with Crippen molar-refractivity contribution in [3.05, 3.63) is 99.0 Å². The molecule has 1 atom stereocenters. The SMILES string of the molecule is CNC(=O)c1ccccc1NC(C)c1cc(C)cc2c(=O)c(C)c(-c3cccc(F)c3)oc12. The number of para-hydroxylation sites is 1. The molecule has 0 radical (unpaired) electrons. The lowest BCUT2D eigenvalue weighted by molar-refractivity contribution is 0.0964. The second-order valence-electron chi connectivity index (χ2n) is 8.12. The van der Waals surface area contributed by atoms with Gasteiger partial charge in [0.1, 0.15) is 17.2 Å². The maximum Gasteiger partial charge on any atom is 0.253 e. The van der Waals surface area contributed by atoms with Crippen LogP contribution in [0, 0.1) is 19.7 Å². The topological polar surface area (TPSA) is 71.3 Å². The van der Waals surface area contributed by atoms with Gasteiger partial charge >= 0.3 is 0 Å². The van der Waals surface area contributed by atoms with Gasteiger partial charge in [-0.2, -0.15) is 0 Å². The van der Waals surface area contributed by atoms with Crippen LogP contribution in [0.1, 0.15) is 40.0 Å². The minimum Gasteiger partial charge on any atom is -0.455 e. The molecule has 1 unspecified atom stereocenters. The number of nitrogens with one attached hydrogen (secondary N) is 2. The first-order chi connectivity index (χ1) is 15.8. The molecular weight excluding hydrogens is 419 g/mol. The first-order valence-electron chi connectivity index (χ1n) is 10.7. The Bertz CT molecular complexity index is 1430. The second kappa shape index (κ2) is 8.90. The summed E-state index contributed by atoms with van der Waals surface area (Å²) in [5, 5.41) is 6.50. The van der Waals surface area contributed by atoms with Crippen molar-refractivity contribution in [3.8, 4) is 11.3 Å². The molecule has 4 rings (SSSR count). The van der Waals surface area contributed by atoms with E-state index in [2.05, 4.69) is 10.6 Å². The van der Waals surface area contributed by atoms with Gasteiger partial charge in [-0.1, -0.05) is 30.3 Å². The number of anilines is 1. The van der Waals surface area contributed by atoms with Crippen LogP contribution in [0.25, 0.3) is 22.3 Å². The Morgan fingerprint density at radius 3 is 2.52 bits per heavy atom. The molecule has 1 heterocycles. The van der Waals surface area contributed by atoms with Crippen molar-refractivity contribution < 1.29 is 13.6 Å². The van der Waals surface area contributed by atoms with Crippen molar-refractivity contribution in [1.29, 1.82) is 0 Å². The average Bonchev–Trinajstić information content (AvgIpc) is 2.81. The zero-order valence-electron chi connectivity index (χ0n) is 19.0. The Morgan fingerprint density at radius 2 is 1.79 bits per heavy atom. The van der Waals surface area contributed by atoms with E-state index >= 15 is 0 Å². The second-order valence-corrected chi connectivity index (χ2v) is 8.12. The molecule has 0 saturated heterocycles. The van der Waals surface area contributed by atoms with Gasteiger partial charge in [0.05, 0.1) is 17.0 Å². The van der Waals surface area contributed by atoms with Crippen LogP contribution in [0.4, 0.5) is 10.1 Å². The number of hydrogen-bond acceptors (Lipinski definition) is 4. The predicted molar refractivity (Wildman–Crippen MR) is 129 cm³/mol. The maximum atomic E-state index is 13.9. The van der Waals surface area contributed by atoms with Crippen LogP contribution in [0.5, 0.6) is 0 Å². The molecule has 168 valence electrons. The van der Waals surface area contributed by atoms with Gasteiger partial charge in [-0.3, -0.25) is 9.59 Å². The van der Waals surface area contributed by atoms with E-state index < -0.39 is 5.82 Å². The number of fused-ring (bicyclic) bond motifs is 1. The third-order valence-corrected chi connectivity index (χ3v) is 5.72. The molecule has 5 nitrogen and oxygen atoms in total. The Labute approximate surface area is 191 Å². The monoisotopic (exact) mass is 444 g/mol. The fourth-order valence-corrected chi connectivity index (χ4v) is 4.05. The molecule has 2 N–H and O–H groups in total. The first kappa shape index (κ1) is 22.3. The zero-order valence-corrected chi connectivity index (χ0v) is 19.0. The van der Waals surface area contributed by atoms with Gasteiger partial charge < -0.3 is 15.1 Å². The number of carbonyl (C=O) groups is 1. The van der Waals surface area contributed by atoms with Crippen LogP contribution in [0.2, 0.25) is 0 Å². The minimum absolute atomic E-state index is 0.154. The Hall–Kier alpha value is -3.93. The van der Waals surface area contributed by atoms with Crippen molar-refractivity contribution in [1.82, 2.24) is 5.32 Å². The van der Waals surface area contributed by atoms with Gasteiger partial charge in [-0.15, -0.1) is 0 Å². The average molecular weight is 445 g/mol. The normalized spacial score (nSPS) is 11.9. The quantitative estimate of drug-likeness (QED) is 0.411. The molecule has 6 heteroatoms. The number of hydrogen-bond donors (Lipinski definition) is 2. The lowest BCUT2D eigenvalue weighted by Gasteiger charge is -2.20. The third kappa shape index (κ3) is 4.24. The molecule has 1 amide bonds. The molecule has 0 saturated carbocycles. The first-order valence-corrected chi connectivity index (χ1v) is 10.7. The van der Waals surface area contributed by atoms with Crippen LogP contribution in [-0.4, -0.2) is 13.0 Å². The van der Waals surface area contributed by atoms with Gasteiger partial charge in [-0.25, -0.2) is 4.39 Å². The van der Waals surface area contributed by atoms with Crippen molar-refractivity contribution in [3.63, 3.8) is 0 Å². The van der Waals surface area contributed by atoms with Crippen molar-refractivity contribution in [2.75, 3.05) is 12.4 Å². The molecule has 3 aromatic carbocycles. The fraction of sp³-hybridized carbons (Fsp3) is 0.185. The predicted octanol–water partition coefficient (Wildman–Crippen LogP) is 5.75. The molecule has 33 heavy (non-hydrogen) atoms. The number of rotatable bonds is 5. The molecule has 0 fully saturated rings. The highest BCUT2D eigenvalue weighted by molar-refractivity contribution is 5.99. The molecule has 0 aliphatic carbocycles. The summed E-state index contributed by atoms with van der Waals surface area (Å²) in [7, 11) is 1.58. The van der Waals surface area contributed by atoms with Crippen molar-refractivity contribution >= 4 is 22.6 Å². The van der Waals surface area contributed by atoms with Crippen molar-refractivity contribution in [2.45, 2.75) is 26.8 Å². The smallest absolute Gasteiger partial charge is 0.253 e. The summed E-state index contributed by atoms with van der Waals surface area (Å²) in [5.41, 5.74) is 4.08. The molecule has 1 aromatic heterocycles. The summed E-state index contributed by atoms with van der Waals surface area (Å²) in [6.07, 6.45) is 0. The highest BCUT2D eigenvalue weighted by Gasteiger charge is 2.20. The van der Waals surface area contributed by atoms with Gasteiger partial charge in [-0.05, 0) is 56.7 Å². The van der Waals surface area contributed by atoms with E-state index in [-0.39, 0.29) is 17.4 Å². The highest BCUT2D eigenvalue weighted by atomic mass is 19.1. The van der Waals surface area contributed by atoms with Gasteiger partial charge in [0.15, 0.2) is 5.43 Å². The minimum atomic E-state index is -0.403. The maximum absolute atomic E-state index is 13.9. The summed E-state index contributed by atoms with van der Waals surface area (Å²) in [6.45, 7) is 5.55. The fourth-order valence-electron chi connectivity index (χ4n) is 4.05. The summed E-state index contributed by atoms with van der Waals surface area (Å²) in [6, 6.07) is 16.7. The number of amides is 1. The van der Waals surface area contributed by atoms with E-state index in [0.717, 1.165) is 11.1 Å². The number of carbonyl (C=O) groups excluding carboxylic acids is 1. The zero-order chi connectivity index (χ0) is 23.7. The number of halogens is 1. The molecule has 0 spiro atoms. The molecule has 0 aliphatic heterocycles. The lowest BCUT2D eigenvalue weighted by atomic mass is 9.98. The van der Waals surface area contributed by atoms with E-state index in [1.165, 1.54) is 12.1 Å². The van der Waals surface area contributed by atoms with Crippen LogP contribution in [-0.2, 0) is 0 Å². The molecule has 4 aromatic rings. The number of benzene rings is 3. The third-order valence-electron chi connectivity index (χ3n) is 5.72. The lowest BCUT2D eigenvalue weighted by Crippen LogP contribution is -2.20. The molecule has 0 bridgehead atoms. The van der Waals surface area contributed by atoms with E-state index in [0.29, 0.717) is 39.1 Å². The molecule has 0 aliphatic rings. The Morgan fingerprint density at radius 1 is 1.03 bits per heavy atom. The standard InChI is InChI=1S/C27H25FN2O3/c1-15-12-21(17(3)30-23-11-6-5-10-20(23)27(32)29-4)26-22(13-15)24(31)16(2)25(33-26)18-8-7-9-19(28)14-18/h5-14,17,30H,1-4H3,(H,29,32). The van der Waals surface area contributed by atoms with Gasteiger partial charge in [0, 0.05) is 29.4 Å². The summed E-state index contributed by atoms with van der Waals surface area (Å²) in [5.74, 6) is -0.260. The van der Waals surface area contributed by atoms with Crippen LogP contribution < -0.4 is 16.1 Å². The summed E-state index contributed by atoms with van der Waals surface area (Å²) in [4.78, 5) is 25.5. The Balaban J connectivity index is 1.88. The highest BCUT2D eigenvalue weighted by Crippen LogP contribution is 2.32. The van der Waals surface area contributed by atoms with E-state index in [4.69, 9.17) is 4.42 Å². The van der Waals surface area contributed by atoms with Crippen LogP contribution >= 0.6 is 0 Å². The van der Waals surface area contributed by atoms with E-state index in [1.54, 1.807) is 44.3 Å². The summed E-state index contributed by atoms with van der Waals surface area (Å²) >= 11 is 0. The largest absolute Gasteiger partial charge is 0.455 e. The van der Waals surface area contributed by atoms with Crippen molar-refractivity contribution in [2.24, 2.45) is 0 Å². The summed E-state index contributed by atoms with van der Waals surface area (Å²) < 4.78 is 20.1.